The van der Waals surface area contributed by atoms with Gasteiger partial charge in [-0.1, -0.05) is 34.8 Å². The number of carbonyl (C=O) groups excluding carboxylic acids is 1. The van der Waals surface area contributed by atoms with Crippen molar-refractivity contribution < 1.29 is 14.3 Å². The Morgan fingerprint density at radius 2 is 1.81 bits per heavy atom. The van der Waals surface area contributed by atoms with E-state index in [0.29, 0.717) is 11.6 Å². The number of carbonyl (C=O) groups is 1. The lowest BCUT2D eigenvalue weighted by Crippen LogP contribution is -2.14. The highest BCUT2D eigenvalue weighted by Gasteiger charge is 2.11. The third-order valence-electron chi connectivity index (χ3n) is 1.60. The minimum Gasteiger partial charge on any atom is -0.479 e. The van der Waals surface area contributed by atoms with Crippen LogP contribution < -0.4 is 4.74 Å². The van der Waals surface area contributed by atoms with Crippen LogP contribution in [-0.4, -0.2) is 19.2 Å². The Labute approximate surface area is 108 Å². The maximum Gasteiger partial charge on any atom is 0.344 e. The van der Waals surface area contributed by atoms with Crippen LogP contribution in [0.3, 0.4) is 0 Å². The summed E-state index contributed by atoms with van der Waals surface area (Å²) < 4.78 is 9.83. The van der Waals surface area contributed by atoms with Gasteiger partial charge in [0.2, 0.25) is 0 Å². The molecule has 0 aromatic heterocycles. The van der Waals surface area contributed by atoms with E-state index in [1.54, 1.807) is 6.92 Å². The molecule has 0 bridgehead atoms. The number of halogens is 3. The highest BCUT2D eigenvalue weighted by atomic mass is 35.5. The minimum absolute atomic E-state index is 0.223. The van der Waals surface area contributed by atoms with Gasteiger partial charge in [0.15, 0.2) is 12.4 Å². The number of benzene rings is 1. The molecule has 0 atom stereocenters. The summed E-state index contributed by atoms with van der Waals surface area (Å²) in [6, 6.07) is 2.96. The second-order valence-corrected chi connectivity index (χ2v) is 4.04. The van der Waals surface area contributed by atoms with Crippen molar-refractivity contribution in [3.05, 3.63) is 27.2 Å². The standard InChI is InChI=1S/C10H9Cl3O3/c1-2-15-9(14)5-16-10-7(12)3-6(11)4-8(10)13/h3-4H,2,5H2,1H3. The van der Waals surface area contributed by atoms with Crippen molar-refractivity contribution >= 4 is 40.8 Å². The molecule has 0 unspecified atom stereocenters. The molecule has 0 spiro atoms. The van der Waals surface area contributed by atoms with Crippen LogP contribution in [0.25, 0.3) is 0 Å². The molecule has 0 saturated carbocycles. The van der Waals surface area contributed by atoms with Gasteiger partial charge in [0.1, 0.15) is 0 Å². The van der Waals surface area contributed by atoms with Gasteiger partial charge < -0.3 is 9.47 Å². The summed E-state index contributed by atoms with van der Waals surface area (Å²) in [6.07, 6.45) is 0. The van der Waals surface area contributed by atoms with Crippen LogP contribution in [0, 0.1) is 0 Å². The Balaban J connectivity index is 2.70. The lowest BCUT2D eigenvalue weighted by molar-refractivity contribution is -0.145. The number of ether oxygens (including phenoxy) is 2. The van der Waals surface area contributed by atoms with Crippen LogP contribution in [0.2, 0.25) is 15.1 Å². The minimum atomic E-state index is -0.482. The first-order valence-electron chi connectivity index (χ1n) is 4.47. The molecule has 1 aromatic rings. The molecule has 16 heavy (non-hydrogen) atoms. The van der Waals surface area contributed by atoms with Crippen molar-refractivity contribution in [3.8, 4) is 5.75 Å². The summed E-state index contributed by atoms with van der Waals surface area (Å²) in [5.74, 6) is -0.259. The summed E-state index contributed by atoms with van der Waals surface area (Å²) in [5.41, 5.74) is 0. The summed E-state index contributed by atoms with van der Waals surface area (Å²) >= 11 is 17.4. The van der Waals surface area contributed by atoms with Crippen LogP contribution >= 0.6 is 34.8 Å². The fourth-order valence-corrected chi connectivity index (χ4v) is 1.93. The van der Waals surface area contributed by atoms with Gasteiger partial charge in [-0.15, -0.1) is 0 Å². The number of hydrogen-bond donors (Lipinski definition) is 0. The van der Waals surface area contributed by atoms with Crippen LogP contribution in [0.15, 0.2) is 12.1 Å². The molecule has 0 N–H and O–H groups in total. The molecular formula is C10H9Cl3O3. The van der Waals surface area contributed by atoms with E-state index < -0.39 is 5.97 Å². The van der Waals surface area contributed by atoms with E-state index in [9.17, 15) is 4.79 Å². The second-order valence-electron chi connectivity index (χ2n) is 2.79. The predicted molar refractivity (Wildman–Crippen MR) is 63.6 cm³/mol. The monoisotopic (exact) mass is 282 g/mol. The summed E-state index contributed by atoms with van der Waals surface area (Å²) in [6.45, 7) is 1.76. The van der Waals surface area contributed by atoms with Gasteiger partial charge in [0, 0.05) is 5.02 Å². The predicted octanol–water partition coefficient (Wildman–Crippen LogP) is 3.59. The fourth-order valence-electron chi connectivity index (χ4n) is 1.00. The third-order valence-corrected chi connectivity index (χ3v) is 2.38. The van der Waals surface area contributed by atoms with E-state index in [4.69, 9.17) is 44.3 Å². The van der Waals surface area contributed by atoms with E-state index in [1.165, 1.54) is 12.1 Å². The van der Waals surface area contributed by atoms with E-state index in [2.05, 4.69) is 0 Å². The molecule has 0 heterocycles. The Hall–Kier alpha value is -0.640. The van der Waals surface area contributed by atoms with Crippen molar-refractivity contribution in [2.24, 2.45) is 0 Å². The Kier molecular flexibility index (Phi) is 5.19. The van der Waals surface area contributed by atoms with Gasteiger partial charge >= 0.3 is 5.97 Å². The first kappa shape index (κ1) is 13.4. The summed E-state index contributed by atoms with van der Waals surface area (Å²) in [5, 5.41) is 0.905. The Bertz CT molecular complexity index is 370. The molecule has 1 aromatic carbocycles. The molecule has 0 aliphatic rings. The van der Waals surface area contributed by atoms with Crippen LogP contribution in [0.4, 0.5) is 0 Å². The van der Waals surface area contributed by atoms with Crippen molar-refractivity contribution in [1.29, 1.82) is 0 Å². The van der Waals surface area contributed by atoms with Crippen LogP contribution in [-0.2, 0) is 9.53 Å². The molecule has 0 amide bonds. The van der Waals surface area contributed by atoms with Crippen molar-refractivity contribution in [2.75, 3.05) is 13.2 Å². The zero-order valence-corrected chi connectivity index (χ0v) is 10.7. The molecule has 88 valence electrons. The lowest BCUT2D eigenvalue weighted by atomic mass is 10.3. The zero-order valence-electron chi connectivity index (χ0n) is 8.43. The maximum absolute atomic E-state index is 11.0. The highest BCUT2D eigenvalue weighted by Crippen LogP contribution is 2.35. The smallest absolute Gasteiger partial charge is 0.344 e. The lowest BCUT2D eigenvalue weighted by Gasteiger charge is -2.09. The summed E-state index contributed by atoms with van der Waals surface area (Å²) in [4.78, 5) is 11.0. The first-order valence-corrected chi connectivity index (χ1v) is 5.61. The molecule has 3 nitrogen and oxygen atoms in total. The molecule has 0 radical (unpaired) electrons. The van der Waals surface area contributed by atoms with Crippen molar-refractivity contribution in [1.82, 2.24) is 0 Å². The van der Waals surface area contributed by atoms with Gasteiger partial charge in [0.25, 0.3) is 0 Å². The zero-order chi connectivity index (χ0) is 12.1. The van der Waals surface area contributed by atoms with E-state index >= 15 is 0 Å². The molecule has 0 aliphatic carbocycles. The average molecular weight is 284 g/mol. The van der Waals surface area contributed by atoms with Gasteiger partial charge in [-0.05, 0) is 19.1 Å². The quantitative estimate of drug-likeness (QED) is 0.792. The van der Waals surface area contributed by atoms with E-state index in [-0.39, 0.29) is 22.4 Å². The van der Waals surface area contributed by atoms with Gasteiger partial charge in [-0.25, -0.2) is 4.79 Å². The summed E-state index contributed by atoms with van der Waals surface area (Å²) in [7, 11) is 0. The van der Waals surface area contributed by atoms with Crippen LogP contribution in [0.1, 0.15) is 6.92 Å². The molecule has 0 aliphatic heterocycles. The number of hydrogen-bond acceptors (Lipinski definition) is 3. The number of esters is 1. The average Bonchev–Trinajstić information content (AvgIpc) is 2.16. The van der Waals surface area contributed by atoms with Crippen LogP contribution in [0.5, 0.6) is 5.75 Å². The van der Waals surface area contributed by atoms with E-state index in [1.807, 2.05) is 0 Å². The SMILES string of the molecule is CCOC(=O)COc1c(Cl)cc(Cl)cc1Cl. The highest BCUT2D eigenvalue weighted by molar-refractivity contribution is 6.40. The molecule has 6 heteroatoms. The topological polar surface area (TPSA) is 35.5 Å². The second kappa shape index (κ2) is 6.18. The Morgan fingerprint density at radius 1 is 1.25 bits per heavy atom. The Morgan fingerprint density at radius 3 is 2.31 bits per heavy atom. The normalized spacial score (nSPS) is 10.0. The van der Waals surface area contributed by atoms with Gasteiger partial charge in [0.05, 0.1) is 16.7 Å². The van der Waals surface area contributed by atoms with E-state index in [0.717, 1.165) is 0 Å². The maximum atomic E-state index is 11.0. The number of rotatable bonds is 4. The third kappa shape index (κ3) is 3.74. The molecule has 1 rings (SSSR count). The fraction of sp³-hybridized carbons (Fsp3) is 0.300. The van der Waals surface area contributed by atoms with Gasteiger partial charge in [-0.3, -0.25) is 0 Å². The molecule has 0 saturated heterocycles. The largest absolute Gasteiger partial charge is 0.479 e. The van der Waals surface area contributed by atoms with Crippen molar-refractivity contribution in [3.63, 3.8) is 0 Å². The molecule has 0 fully saturated rings. The van der Waals surface area contributed by atoms with Crippen molar-refractivity contribution in [2.45, 2.75) is 6.92 Å². The molecular weight excluding hydrogens is 274 g/mol. The van der Waals surface area contributed by atoms with Gasteiger partial charge in [-0.2, -0.15) is 0 Å². The first-order chi connectivity index (χ1) is 7.54.